The van der Waals surface area contributed by atoms with Crippen LogP contribution in [0.25, 0.3) is 0 Å². The number of carboxylic acids is 1. The Morgan fingerprint density at radius 1 is 1.26 bits per heavy atom. The molecule has 1 aromatic carbocycles. The minimum Gasteiger partial charge on any atom is -0.481 e. The topological polar surface area (TPSA) is 40.5 Å². The van der Waals surface area contributed by atoms with Gasteiger partial charge in [0, 0.05) is 11.4 Å². The molecule has 0 aromatic heterocycles. The number of nitrogens with zero attached hydrogens (tertiary/aromatic N) is 1. The van der Waals surface area contributed by atoms with Gasteiger partial charge in [0.05, 0.1) is 0 Å². The number of likely N-dealkylation sites (tertiary alicyclic amines) is 1. The normalized spacial score (nSPS) is 17.5. The van der Waals surface area contributed by atoms with Crippen molar-refractivity contribution in [3.8, 4) is 0 Å². The number of hydrogen-bond donors (Lipinski definition) is 1. The van der Waals surface area contributed by atoms with Crippen molar-refractivity contribution in [2.75, 3.05) is 19.6 Å². The molecule has 3 nitrogen and oxygen atoms in total. The molecule has 1 aliphatic rings. The van der Waals surface area contributed by atoms with E-state index in [4.69, 9.17) is 16.7 Å². The first-order valence-electron chi connectivity index (χ1n) is 6.85. The molecule has 2 rings (SSSR count). The Morgan fingerprint density at radius 3 is 2.47 bits per heavy atom. The quantitative estimate of drug-likeness (QED) is 0.899. The van der Waals surface area contributed by atoms with E-state index >= 15 is 0 Å². The molecule has 0 aliphatic carbocycles. The van der Waals surface area contributed by atoms with Gasteiger partial charge in [0.2, 0.25) is 0 Å². The van der Waals surface area contributed by atoms with Gasteiger partial charge in [-0.15, -0.1) is 0 Å². The third kappa shape index (κ3) is 4.51. The molecule has 19 heavy (non-hydrogen) atoms. The van der Waals surface area contributed by atoms with Gasteiger partial charge >= 0.3 is 5.97 Å². The Balaban J connectivity index is 1.76. The molecule has 1 fully saturated rings. The second-order valence-corrected chi connectivity index (χ2v) is 5.60. The van der Waals surface area contributed by atoms with Crippen molar-refractivity contribution in [1.82, 2.24) is 4.90 Å². The van der Waals surface area contributed by atoms with Gasteiger partial charge in [0.1, 0.15) is 0 Å². The first-order valence-corrected chi connectivity index (χ1v) is 7.22. The largest absolute Gasteiger partial charge is 0.481 e. The van der Waals surface area contributed by atoms with Crippen molar-refractivity contribution in [2.45, 2.75) is 31.6 Å². The number of benzene rings is 1. The zero-order valence-electron chi connectivity index (χ0n) is 11.0. The highest BCUT2D eigenvalue weighted by atomic mass is 35.5. The van der Waals surface area contributed by atoms with Gasteiger partial charge in [-0.2, -0.15) is 0 Å². The summed E-state index contributed by atoms with van der Waals surface area (Å²) in [6.45, 7) is 3.03. The van der Waals surface area contributed by atoms with Gasteiger partial charge in [-0.3, -0.25) is 4.79 Å². The maximum Gasteiger partial charge on any atom is 0.303 e. The summed E-state index contributed by atoms with van der Waals surface area (Å²) in [5.41, 5.74) is 1.37. The van der Waals surface area contributed by atoms with Gasteiger partial charge in [0.25, 0.3) is 0 Å². The van der Waals surface area contributed by atoms with Crippen LogP contribution in [0, 0.1) is 0 Å². The molecule has 1 aliphatic heterocycles. The molecule has 0 amide bonds. The predicted molar refractivity (Wildman–Crippen MR) is 76.7 cm³/mol. The standard InChI is InChI=1S/C15H20ClNO2/c16-14-5-3-12(4-6-14)13-7-10-17(11-8-13)9-1-2-15(18)19/h3-6,13H,1-2,7-11H2,(H,18,19). The van der Waals surface area contributed by atoms with Crippen LogP contribution in [0.2, 0.25) is 5.02 Å². The monoisotopic (exact) mass is 281 g/mol. The lowest BCUT2D eigenvalue weighted by Gasteiger charge is -2.32. The first kappa shape index (κ1) is 14.4. The Labute approximate surface area is 119 Å². The Bertz CT molecular complexity index is 411. The maximum absolute atomic E-state index is 10.5. The number of hydrogen-bond acceptors (Lipinski definition) is 2. The van der Waals surface area contributed by atoms with Crippen LogP contribution in [0.4, 0.5) is 0 Å². The highest BCUT2D eigenvalue weighted by Crippen LogP contribution is 2.28. The Kier molecular flexibility index (Phi) is 5.23. The molecule has 4 heteroatoms. The van der Waals surface area contributed by atoms with Gasteiger partial charge in [-0.1, -0.05) is 23.7 Å². The van der Waals surface area contributed by atoms with Crippen LogP contribution < -0.4 is 0 Å². The second-order valence-electron chi connectivity index (χ2n) is 5.16. The van der Waals surface area contributed by atoms with Gasteiger partial charge in [-0.25, -0.2) is 0 Å². The van der Waals surface area contributed by atoms with E-state index in [0.717, 1.165) is 43.9 Å². The minimum absolute atomic E-state index is 0.275. The molecular formula is C15H20ClNO2. The molecule has 0 unspecified atom stereocenters. The fraction of sp³-hybridized carbons (Fsp3) is 0.533. The molecule has 1 heterocycles. The average Bonchev–Trinajstić information content (AvgIpc) is 2.40. The van der Waals surface area contributed by atoms with E-state index in [-0.39, 0.29) is 6.42 Å². The van der Waals surface area contributed by atoms with Crippen LogP contribution in [-0.2, 0) is 4.79 Å². The van der Waals surface area contributed by atoms with Crippen LogP contribution in [0.5, 0.6) is 0 Å². The summed E-state index contributed by atoms with van der Waals surface area (Å²) < 4.78 is 0. The van der Waals surface area contributed by atoms with E-state index < -0.39 is 5.97 Å². The zero-order valence-corrected chi connectivity index (χ0v) is 11.8. The van der Waals surface area contributed by atoms with E-state index in [1.807, 2.05) is 12.1 Å². The number of piperidine rings is 1. The van der Waals surface area contributed by atoms with Crippen LogP contribution in [0.15, 0.2) is 24.3 Å². The summed E-state index contributed by atoms with van der Waals surface area (Å²) in [5.74, 6) is -0.0796. The molecule has 0 saturated carbocycles. The molecule has 0 radical (unpaired) electrons. The molecule has 0 atom stereocenters. The lowest BCUT2D eigenvalue weighted by Crippen LogP contribution is -2.33. The highest BCUT2D eigenvalue weighted by molar-refractivity contribution is 6.30. The molecule has 1 aromatic rings. The van der Waals surface area contributed by atoms with Crippen molar-refractivity contribution in [1.29, 1.82) is 0 Å². The van der Waals surface area contributed by atoms with E-state index in [9.17, 15) is 4.79 Å². The van der Waals surface area contributed by atoms with Crippen LogP contribution >= 0.6 is 11.6 Å². The van der Waals surface area contributed by atoms with Crippen molar-refractivity contribution in [3.63, 3.8) is 0 Å². The molecule has 0 bridgehead atoms. The van der Waals surface area contributed by atoms with Gasteiger partial charge in [0.15, 0.2) is 0 Å². The molecule has 104 valence electrons. The summed E-state index contributed by atoms with van der Waals surface area (Å²) >= 11 is 5.90. The minimum atomic E-state index is -0.698. The summed E-state index contributed by atoms with van der Waals surface area (Å²) in [6, 6.07) is 8.15. The van der Waals surface area contributed by atoms with Crippen molar-refractivity contribution >= 4 is 17.6 Å². The fourth-order valence-electron chi connectivity index (χ4n) is 2.68. The smallest absolute Gasteiger partial charge is 0.303 e. The number of aliphatic carboxylic acids is 1. The third-order valence-electron chi connectivity index (χ3n) is 3.79. The second kappa shape index (κ2) is 6.92. The average molecular weight is 282 g/mol. The molecule has 1 saturated heterocycles. The van der Waals surface area contributed by atoms with E-state index in [2.05, 4.69) is 17.0 Å². The lowest BCUT2D eigenvalue weighted by molar-refractivity contribution is -0.137. The SMILES string of the molecule is O=C(O)CCCN1CCC(c2ccc(Cl)cc2)CC1. The molecule has 0 spiro atoms. The number of carboxylic acid groups (broad SMARTS) is 1. The van der Waals surface area contributed by atoms with Crippen LogP contribution in [-0.4, -0.2) is 35.6 Å². The summed E-state index contributed by atoms with van der Waals surface area (Å²) in [4.78, 5) is 12.8. The number of rotatable bonds is 5. The summed E-state index contributed by atoms with van der Waals surface area (Å²) in [7, 11) is 0. The molecule has 1 N–H and O–H groups in total. The molecular weight excluding hydrogens is 262 g/mol. The van der Waals surface area contributed by atoms with Crippen molar-refractivity contribution in [2.24, 2.45) is 0 Å². The zero-order chi connectivity index (χ0) is 13.7. The van der Waals surface area contributed by atoms with Crippen LogP contribution in [0.1, 0.15) is 37.2 Å². The van der Waals surface area contributed by atoms with Gasteiger partial charge < -0.3 is 10.0 Å². The van der Waals surface area contributed by atoms with E-state index in [1.54, 1.807) is 0 Å². The first-order chi connectivity index (χ1) is 9.15. The number of carbonyl (C=O) groups is 1. The Morgan fingerprint density at radius 2 is 1.89 bits per heavy atom. The van der Waals surface area contributed by atoms with E-state index in [1.165, 1.54) is 5.56 Å². The Hall–Kier alpha value is -1.06. The highest BCUT2D eigenvalue weighted by Gasteiger charge is 2.20. The van der Waals surface area contributed by atoms with Gasteiger partial charge in [-0.05, 0) is 62.5 Å². The maximum atomic E-state index is 10.5. The summed E-state index contributed by atoms with van der Waals surface area (Å²) in [6.07, 6.45) is 3.32. The predicted octanol–water partition coefficient (Wildman–Crippen LogP) is 3.38. The number of halogens is 1. The van der Waals surface area contributed by atoms with Crippen molar-refractivity contribution < 1.29 is 9.90 Å². The van der Waals surface area contributed by atoms with Crippen molar-refractivity contribution in [3.05, 3.63) is 34.9 Å². The van der Waals surface area contributed by atoms with E-state index in [0.29, 0.717) is 5.92 Å². The van der Waals surface area contributed by atoms with Crippen LogP contribution in [0.3, 0.4) is 0 Å². The third-order valence-corrected chi connectivity index (χ3v) is 4.05. The lowest BCUT2D eigenvalue weighted by atomic mass is 9.89. The fourth-order valence-corrected chi connectivity index (χ4v) is 2.80. The summed E-state index contributed by atoms with van der Waals surface area (Å²) in [5, 5.41) is 9.41.